The van der Waals surface area contributed by atoms with Gasteiger partial charge in [0, 0.05) is 55.9 Å². The SMILES string of the molecule is Nc1ncc(-c2cccc(C(=O)NCc3ccccc3)c2)nc1C(=O)N[C@H]1CCN(C2CCN(C(=O)O)CC2)C1. The van der Waals surface area contributed by atoms with E-state index in [0.29, 0.717) is 49.0 Å². The Morgan fingerprint density at radius 3 is 2.50 bits per heavy atom. The van der Waals surface area contributed by atoms with Crippen molar-refractivity contribution in [1.29, 1.82) is 0 Å². The lowest BCUT2D eigenvalue weighted by Crippen LogP contribution is -2.46. The van der Waals surface area contributed by atoms with E-state index in [0.717, 1.165) is 31.4 Å². The molecule has 0 aliphatic carbocycles. The van der Waals surface area contributed by atoms with Crippen molar-refractivity contribution < 1.29 is 19.5 Å². The van der Waals surface area contributed by atoms with Gasteiger partial charge >= 0.3 is 6.09 Å². The van der Waals surface area contributed by atoms with Crippen molar-refractivity contribution >= 4 is 23.7 Å². The zero-order chi connectivity index (χ0) is 28.1. The number of nitrogens with two attached hydrogens (primary N) is 1. The maximum atomic E-state index is 13.2. The van der Waals surface area contributed by atoms with Gasteiger partial charge in [0.1, 0.15) is 0 Å². The minimum absolute atomic E-state index is 0.0360. The summed E-state index contributed by atoms with van der Waals surface area (Å²) in [6.45, 7) is 3.00. The summed E-state index contributed by atoms with van der Waals surface area (Å²) in [5.41, 5.74) is 8.64. The van der Waals surface area contributed by atoms with Crippen LogP contribution in [0.15, 0.2) is 60.8 Å². The zero-order valence-corrected chi connectivity index (χ0v) is 22.1. The summed E-state index contributed by atoms with van der Waals surface area (Å²) in [7, 11) is 0. The van der Waals surface area contributed by atoms with E-state index >= 15 is 0 Å². The third-order valence-electron chi connectivity index (χ3n) is 7.54. The fraction of sp³-hybridized carbons (Fsp3) is 0.345. The van der Waals surface area contributed by atoms with Crippen LogP contribution < -0.4 is 16.4 Å². The van der Waals surface area contributed by atoms with Crippen LogP contribution in [0, 0.1) is 0 Å². The maximum Gasteiger partial charge on any atom is 0.407 e. The molecule has 208 valence electrons. The van der Waals surface area contributed by atoms with E-state index in [1.165, 1.54) is 11.1 Å². The lowest BCUT2D eigenvalue weighted by Gasteiger charge is -2.35. The first-order valence-electron chi connectivity index (χ1n) is 13.4. The standard InChI is InChI=1S/C29H33N7O4/c30-26-25(28(38)33-22-9-12-36(18-22)23-10-13-35(14-11-23)29(39)40)34-24(17-31-26)20-7-4-8-21(15-20)27(37)32-16-19-5-2-1-3-6-19/h1-8,15,17,22-23H,9-14,16,18H2,(H2,30,31)(H,32,37)(H,33,38)(H,39,40)/t22-/m0/s1. The van der Waals surface area contributed by atoms with E-state index in [1.807, 2.05) is 30.3 Å². The Hall–Kier alpha value is -4.51. The third kappa shape index (κ3) is 6.37. The number of hydrogen-bond donors (Lipinski definition) is 4. The first kappa shape index (κ1) is 27.1. The number of anilines is 1. The zero-order valence-electron chi connectivity index (χ0n) is 22.1. The number of carboxylic acid groups (broad SMARTS) is 1. The van der Waals surface area contributed by atoms with Crippen LogP contribution in [0.1, 0.15) is 45.7 Å². The Kier molecular flexibility index (Phi) is 8.20. The van der Waals surface area contributed by atoms with Crippen LogP contribution in [0.5, 0.6) is 0 Å². The quantitative estimate of drug-likeness (QED) is 0.355. The monoisotopic (exact) mass is 543 g/mol. The summed E-state index contributed by atoms with van der Waals surface area (Å²) in [6, 6.07) is 16.9. The second-order valence-electron chi connectivity index (χ2n) is 10.2. The van der Waals surface area contributed by atoms with Gasteiger partial charge in [-0.25, -0.2) is 14.8 Å². The highest BCUT2D eigenvalue weighted by atomic mass is 16.4. The Labute approximate surface area is 232 Å². The molecule has 0 radical (unpaired) electrons. The molecule has 2 saturated heterocycles. The van der Waals surface area contributed by atoms with Gasteiger partial charge in [0.05, 0.1) is 11.9 Å². The summed E-state index contributed by atoms with van der Waals surface area (Å²) < 4.78 is 0. The summed E-state index contributed by atoms with van der Waals surface area (Å²) in [5.74, 6) is -0.573. The van der Waals surface area contributed by atoms with E-state index in [-0.39, 0.29) is 23.5 Å². The molecule has 11 heteroatoms. The van der Waals surface area contributed by atoms with Crippen molar-refractivity contribution in [2.75, 3.05) is 31.9 Å². The molecule has 2 aromatic carbocycles. The predicted octanol–water partition coefficient (Wildman–Crippen LogP) is 2.60. The van der Waals surface area contributed by atoms with Crippen LogP contribution in [-0.4, -0.2) is 81.0 Å². The second-order valence-corrected chi connectivity index (χ2v) is 10.2. The number of benzene rings is 2. The number of aromatic nitrogens is 2. The number of nitrogens with one attached hydrogen (secondary N) is 2. The smallest absolute Gasteiger partial charge is 0.407 e. The average molecular weight is 544 g/mol. The average Bonchev–Trinajstić information content (AvgIpc) is 3.45. The molecule has 1 aromatic heterocycles. The van der Waals surface area contributed by atoms with E-state index in [4.69, 9.17) is 5.73 Å². The summed E-state index contributed by atoms with van der Waals surface area (Å²) >= 11 is 0. The highest BCUT2D eigenvalue weighted by molar-refractivity contribution is 5.97. The Balaban J connectivity index is 1.21. The second kappa shape index (κ2) is 12.1. The highest BCUT2D eigenvalue weighted by Gasteiger charge is 2.33. The first-order valence-corrected chi connectivity index (χ1v) is 13.4. The number of likely N-dealkylation sites (tertiary alicyclic amines) is 2. The van der Waals surface area contributed by atoms with E-state index < -0.39 is 12.0 Å². The van der Waals surface area contributed by atoms with Crippen LogP contribution in [-0.2, 0) is 6.54 Å². The van der Waals surface area contributed by atoms with Gasteiger partial charge in [0.15, 0.2) is 11.5 Å². The topological polar surface area (TPSA) is 154 Å². The molecule has 0 bridgehead atoms. The minimum Gasteiger partial charge on any atom is -0.465 e. The largest absolute Gasteiger partial charge is 0.465 e. The number of rotatable bonds is 7. The maximum absolute atomic E-state index is 13.2. The van der Waals surface area contributed by atoms with E-state index in [9.17, 15) is 19.5 Å². The molecule has 2 aliphatic heterocycles. The number of nitrogen functional groups attached to an aromatic ring is 1. The van der Waals surface area contributed by atoms with Gasteiger partial charge in [-0.05, 0) is 37.0 Å². The Morgan fingerprint density at radius 1 is 0.975 bits per heavy atom. The molecule has 2 aliphatic rings. The Bertz CT molecular complexity index is 1380. The molecule has 2 fully saturated rings. The molecule has 0 saturated carbocycles. The number of amides is 3. The highest BCUT2D eigenvalue weighted by Crippen LogP contribution is 2.23. The fourth-order valence-electron chi connectivity index (χ4n) is 5.32. The van der Waals surface area contributed by atoms with Gasteiger partial charge in [-0.2, -0.15) is 0 Å². The van der Waals surface area contributed by atoms with Crippen LogP contribution in [0.3, 0.4) is 0 Å². The minimum atomic E-state index is -0.871. The molecule has 5 N–H and O–H groups in total. The predicted molar refractivity (Wildman–Crippen MR) is 150 cm³/mol. The molecule has 0 unspecified atom stereocenters. The van der Waals surface area contributed by atoms with Crippen molar-refractivity contribution in [3.05, 3.63) is 77.6 Å². The molecule has 11 nitrogen and oxygen atoms in total. The molecular weight excluding hydrogens is 510 g/mol. The van der Waals surface area contributed by atoms with Gasteiger partial charge in [0.2, 0.25) is 0 Å². The van der Waals surface area contributed by atoms with Crippen molar-refractivity contribution in [2.24, 2.45) is 0 Å². The molecular formula is C29H33N7O4. The molecule has 40 heavy (non-hydrogen) atoms. The van der Waals surface area contributed by atoms with Crippen LogP contribution in [0.2, 0.25) is 0 Å². The molecule has 3 amide bonds. The number of carbonyl (C=O) groups excluding carboxylic acids is 2. The van der Waals surface area contributed by atoms with Crippen molar-refractivity contribution in [1.82, 2.24) is 30.4 Å². The Morgan fingerprint density at radius 2 is 1.75 bits per heavy atom. The number of hydrogen-bond acceptors (Lipinski definition) is 7. The van der Waals surface area contributed by atoms with Crippen molar-refractivity contribution in [3.63, 3.8) is 0 Å². The van der Waals surface area contributed by atoms with Gasteiger partial charge < -0.3 is 26.4 Å². The molecule has 1 atom stereocenters. The van der Waals surface area contributed by atoms with Gasteiger partial charge in [0.25, 0.3) is 11.8 Å². The molecule has 3 heterocycles. The van der Waals surface area contributed by atoms with Gasteiger partial charge in [-0.1, -0.05) is 42.5 Å². The number of piperidine rings is 1. The first-order chi connectivity index (χ1) is 19.4. The number of nitrogens with zero attached hydrogens (tertiary/aromatic N) is 4. The van der Waals surface area contributed by atoms with Crippen molar-refractivity contribution in [3.8, 4) is 11.3 Å². The summed E-state index contributed by atoms with van der Waals surface area (Å²) in [5, 5.41) is 15.1. The fourth-order valence-corrected chi connectivity index (χ4v) is 5.32. The third-order valence-corrected chi connectivity index (χ3v) is 7.54. The molecule has 3 aromatic rings. The normalized spacial score (nSPS) is 17.9. The van der Waals surface area contributed by atoms with Crippen molar-refractivity contribution in [2.45, 2.75) is 37.9 Å². The van der Waals surface area contributed by atoms with E-state index in [1.54, 1.807) is 24.3 Å². The molecule has 5 rings (SSSR count). The lowest BCUT2D eigenvalue weighted by molar-refractivity contribution is 0.0915. The lowest BCUT2D eigenvalue weighted by atomic mass is 10.0. The van der Waals surface area contributed by atoms with Gasteiger partial charge in [-0.15, -0.1) is 0 Å². The van der Waals surface area contributed by atoms with E-state index in [2.05, 4.69) is 25.5 Å². The van der Waals surface area contributed by atoms with Crippen LogP contribution in [0.25, 0.3) is 11.3 Å². The summed E-state index contributed by atoms with van der Waals surface area (Å²) in [4.78, 5) is 49.6. The summed E-state index contributed by atoms with van der Waals surface area (Å²) in [6.07, 6.45) is 2.99. The van der Waals surface area contributed by atoms with Crippen LogP contribution in [0.4, 0.5) is 10.6 Å². The van der Waals surface area contributed by atoms with Gasteiger partial charge in [-0.3, -0.25) is 14.5 Å². The molecule has 0 spiro atoms. The number of carbonyl (C=O) groups is 3. The van der Waals surface area contributed by atoms with Crippen LogP contribution >= 0.6 is 0 Å².